The van der Waals surface area contributed by atoms with Crippen LogP contribution in [0.1, 0.15) is 38.2 Å². The van der Waals surface area contributed by atoms with Crippen LogP contribution in [0.3, 0.4) is 0 Å². The second-order valence-corrected chi connectivity index (χ2v) is 6.27. The van der Waals surface area contributed by atoms with Gasteiger partial charge in [0.2, 0.25) is 11.8 Å². The Balaban J connectivity index is 1.96. The van der Waals surface area contributed by atoms with Crippen LogP contribution in [0, 0.1) is 5.92 Å². The van der Waals surface area contributed by atoms with Gasteiger partial charge in [0.15, 0.2) is 0 Å². The van der Waals surface area contributed by atoms with E-state index in [9.17, 15) is 14.4 Å². The Labute approximate surface area is 142 Å². The highest BCUT2D eigenvalue weighted by Crippen LogP contribution is 2.27. The van der Waals surface area contributed by atoms with E-state index in [1.165, 1.54) is 7.11 Å². The molecule has 1 saturated heterocycles. The summed E-state index contributed by atoms with van der Waals surface area (Å²) in [6.07, 6.45) is 0.318. The van der Waals surface area contributed by atoms with E-state index in [-0.39, 0.29) is 37.2 Å². The smallest absolute Gasteiger partial charge is 0.307 e. The molecule has 1 heterocycles. The fourth-order valence-corrected chi connectivity index (χ4v) is 2.72. The SMILES string of the molecule is COC(=O)CCNC(=O)C1CC(=O)N(c2cccc(C(C)C)c2)C1. The highest BCUT2D eigenvalue weighted by Gasteiger charge is 2.35. The van der Waals surface area contributed by atoms with E-state index in [0.717, 1.165) is 11.3 Å². The molecule has 1 fully saturated rings. The summed E-state index contributed by atoms with van der Waals surface area (Å²) in [7, 11) is 1.31. The molecule has 0 aromatic heterocycles. The molecule has 1 N–H and O–H groups in total. The third kappa shape index (κ3) is 4.34. The molecule has 1 aliphatic heterocycles. The number of benzene rings is 1. The first-order chi connectivity index (χ1) is 11.4. The third-order valence-electron chi connectivity index (χ3n) is 4.20. The van der Waals surface area contributed by atoms with Crippen LogP contribution in [0.2, 0.25) is 0 Å². The molecule has 2 amide bonds. The minimum Gasteiger partial charge on any atom is -0.469 e. The lowest BCUT2D eigenvalue weighted by Crippen LogP contribution is -2.34. The molecule has 130 valence electrons. The average molecular weight is 332 g/mol. The number of carbonyl (C=O) groups excluding carboxylic acids is 3. The summed E-state index contributed by atoms with van der Waals surface area (Å²) in [5, 5.41) is 2.69. The predicted molar refractivity (Wildman–Crippen MR) is 90.6 cm³/mol. The van der Waals surface area contributed by atoms with Crippen molar-refractivity contribution in [1.29, 1.82) is 0 Å². The van der Waals surface area contributed by atoms with Crippen LogP contribution in [0.25, 0.3) is 0 Å². The van der Waals surface area contributed by atoms with Gasteiger partial charge in [-0.3, -0.25) is 14.4 Å². The summed E-state index contributed by atoms with van der Waals surface area (Å²) in [6.45, 7) is 4.79. The number of hydrogen-bond acceptors (Lipinski definition) is 4. The van der Waals surface area contributed by atoms with E-state index in [1.807, 2.05) is 24.3 Å². The maximum atomic E-state index is 12.3. The van der Waals surface area contributed by atoms with Crippen molar-refractivity contribution in [1.82, 2.24) is 5.32 Å². The Morgan fingerprint density at radius 3 is 2.79 bits per heavy atom. The summed E-state index contributed by atoms with van der Waals surface area (Å²) >= 11 is 0. The zero-order valence-electron chi connectivity index (χ0n) is 14.4. The molecule has 24 heavy (non-hydrogen) atoms. The Kier molecular flexibility index (Phi) is 5.95. The van der Waals surface area contributed by atoms with E-state index in [4.69, 9.17) is 0 Å². The lowest BCUT2D eigenvalue weighted by atomic mass is 10.0. The molecule has 0 bridgehead atoms. The lowest BCUT2D eigenvalue weighted by molar-refractivity contribution is -0.140. The van der Waals surface area contributed by atoms with E-state index in [2.05, 4.69) is 23.9 Å². The zero-order valence-corrected chi connectivity index (χ0v) is 14.4. The summed E-state index contributed by atoms with van der Waals surface area (Å²) < 4.78 is 4.53. The first kappa shape index (κ1) is 18.0. The van der Waals surface area contributed by atoms with Gasteiger partial charge in [-0.15, -0.1) is 0 Å². The molecule has 1 atom stereocenters. The molecule has 2 rings (SSSR count). The molecule has 0 spiro atoms. The Bertz CT molecular complexity index is 627. The Morgan fingerprint density at radius 2 is 2.12 bits per heavy atom. The van der Waals surface area contributed by atoms with Gasteiger partial charge >= 0.3 is 5.97 Å². The van der Waals surface area contributed by atoms with Gasteiger partial charge in [0.25, 0.3) is 0 Å². The number of nitrogens with zero attached hydrogens (tertiary/aromatic N) is 1. The molecule has 1 unspecified atom stereocenters. The first-order valence-electron chi connectivity index (χ1n) is 8.17. The first-order valence-corrected chi connectivity index (χ1v) is 8.17. The Morgan fingerprint density at radius 1 is 1.38 bits per heavy atom. The van der Waals surface area contributed by atoms with Crippen molar-refractivity contribution in [3.05, 3.63) is 29.8 Å². The monoisotopic (exact) mass is 332 g/mol. The van der Waals surface area contributed by atoms with Gasteiger partial charge in [-0.1, -0.05) is 26.0 Å². The van der Waals surface area contributed by atoms with Crippen molar-refractivity contribution in [3.63, 3.8) is 0 Å². The predicted octanol–water partition coefficient (Wildman–Crippen LogP) is 1.84. The molecular formula is C18H24N2O4. The highest BCUT2D eigenvalue weighted by atomic mass is 16.5. The van der Waals surface area contributed by atoms with Crippen LogP contribution in [-0.2, 0) is 19.1 Å². The minimum atomic E-state index is -0.391. The molecule has 1 aromatic rings. The van der Waals surface area contributed by atoms with Gasteiger partial charge in [-0.2, -0.15) is 0 Å². The van der Waals surface area contributed by atoms with E-state index >= 15 is 0 Å². The standard InChI is InChI=1S/C18H24N2O4/c1-12(2)13-5-4-6-15(9-13)20-11-14(10-16(20)21)18(23)19-8-7-17(22)24-3/h4-6,9,12,14H,7-8,10-11H2,1-3H3,(H,19,23). The van der Waals surface area contributed by atoms with Gasteiger partial charge in [-0.25, -0.2) is 0 Å². The molecule has 6 heteroatoms. The number of hydrogen-bond donors (Lipinski definition) is 1. The van der Waals surface area contributed by atoms with Gasteiger partial charge in [-0.05, 0) is 23.6 Å². The molecule has 0 radical (unpaired) electrons. The second-order valence-electron chi connectivity index (χ2n) is 6.27. The van der Waals surface area contributed by atoms with Gasteiger partial charge in [0, 0.05) is 25.2 Å². The van der Waals surface area contributed by atoms with Crippen LogP contribution in [0.5, 0.6) is 0 Å². The van der Waals surface area contributed by atoms with Crippen LogP contribution in [0.4, 0.5) is 5.69 Å². The number of amides is 2. The maximum absolute atomic E-state index is 12.3. The van der Waals surface area contributed by atoms with Crippen molar-refractivity contribution in [2.45, 2.75) is 32.6 Å². The van der Waals surface area contributed by atoms with Crippen molar-refractivity contribution in [2.24, 2.45) is 5.92 Å². The molecule has 6 nitrogen and oxygen atoms in total. The van der Waals surface area contributed by atoms with Crippen LogP contribution >= 0.6 is 0 Å². The topological polar surface area (TPSA) is 75.7 Å². The van der Waals surface area contributed by atoms with Gasteiger partial charge in [0.05, 0.1) is 19.4 Å². The van der Waals surface area contributed by atoms with E-state index in [0.29, 0.717) is 12.5 Å². The van der Waals surface area contributed by atoms with Crippen molar-refractivity contribution >= 4 is 23.5 Å². The average Bonchev–Trinajstić information content (AvgIpc) is 2.96. The number of carbonyl (C=O) groups is 3. The normalized spacial score (nSPS) is 17.2. The number of nitrogens with one attached hydrogen (secondary N) is 1. The van der Waals surface area contributed by atoms with Gasteiger partial charge in [0.1, 0.15) is 0 Å². The molecule has 0 saturated carbocycles. The third-order valence-corrected chi connectivity index (χ3v) is 4.20. The zero-order chi connectivity index (χ0) is 17.7. The van der Waals surface area contributed by atoms with Crippen molar-refractivity contribution in [3.8, 4) is 0 Å². The van der Waals surface area contributed by atoms with Crippen LogP contribution in [0.15, 0.2) is 24.3 Å². The van der Waals surface area contributed by atoms with E-state index < -0.39 is 5.92 Å². The highest BCUT2D eigenvalue weighted by molar-refractivity contribution is 6.00. The summed E-state index contributed by atoms with van der Waals surface area (Å²) in [6, 6.07) is 7.86. The van der Waals surface area contributed by atoms with E-state index in [1.54, 1.807) is 4.90 Å². The van der Waals surface area contributed by atoms with Crippen LogP contribution < -0.4 is 10.2 Å². The molecule has 1 aliphatic rings. The molecule has 0 aliphatic carbocycles. The minimum absolute atomic E-state index is 0.0518. The van der Waals surface area contributed by atoms with Crippen molar-refractivity contribution in [2.75, 3.05) is 25.1 Å². The number of ether oxygens (including phenoxy) is 1. The number of anilines is 1. The number of rotatable bonds is 6. The summed E-state index contributed by atoms with van der Waals surface area (Å²) in [4.78, 5) is 37.2. The van der Waals surface area contributed by atoms with Crippen LogP contribution in [-0.4, -0.2) is 38.0 Å². The summed E-state index contributed by atoms with van der Waals surface area (Å²) in [5.41, 5.74) is 1.99. The molecule has 1 aromatic carbocycles. The van der Waals surface area contributed by atoms with Crippen molar-refractivity contribution < 1.29 is 19.1 Å². The Hall–Kier alpha value is -2.37. The fourth-order valence-electron chi connectivity index (χ4n) is 2.72. The number of esters is 1. The number of methoxy groups -OCH3 is 1. The second kappa shape index (κ2) is 7.95. The fraction of sp³-hybridized carbons (Fsp3) is 0.500. The largest absolute Gasteiger partial charge is 0.469 e. The maximum Gasteiger partial charge on any atom is 0.307 e. The molecular weight excluding hydrogens is 308 g/mol. The summed E-state index contributed by atoms with van der Waals surface area (Å²) in [5.74, 6) is -0.637. The quantitative estimate of drug-likeness (QED) is 0.807. The van der Waals surface area contributed by atoms with Gasteiger partial charge < -0.3 is 15.0 Å². The lowest BCUT2D eigenvalue weighted by Gasteiger charge is -2.18.